The second-order valence-electron chi connectivity index (χ2n) is 4.58. The largest absolute Gasteiger partial charge is 0.0664 e. The molecule has 0 heterocycles. The average Bonchev–Trinajstić information content (AvgIpc) is 2.44. The van der Waals surface area contributed by atoms with Crippen molar-refractivity contribution in [3.05, 3.63) is 34.2 Å². The first kappa shape index (κ1) is 9.51. The third kappa shape index (κ3) is 1.13. The van der Waals surface area contributed by atoms with Crippen LogP contribution in [-0.2, 0) is 0 Å². The molecule has 2 rings (SSSR count). The molecule has 14 heavy (non-hydrogen) atoms. The van der Waals surface area contributed by atoms with E-state index in [-0.39, 0.29) is 5.41 Å². The van der Waals surface area contributed by atoms with Crippen molar-refractivity contribution in [2.45, 2.75) is 34.1 Å². The van der Waals surface area contributed by atoms with Gasteiger partial charge < -0.3 is 0 Å². The molecule has 0 nitrogen and oxygen atoms in total. The Morgan fingerprint density at radius 2 is 1.93 bits per heavy atom. The highest BCUT2D eigenvalue weighted by Crippen LogP contribution is 2.34. The lowest BCUT2D eigenvalue weighted by Gasteiger charge is -2.21. The lowest BCUT2D eigenvalue weighted by Crippen LogP contribution is -2.24. The van der Waals surface area contributed by atoms with Crippen molar-refractivity contribution >= 4 is 11.6 Å². The number of hydrogen-bond donors (Lipinski definition) is 0. The fourth-order valence-electron chi connectivity index (χ4n) is 2.30. The second-order valence-corrected chi connectivity index (χ2v) is 4.58. The van der Waals surface area contributed by atoms with Crippen LogP contribution < -0.4 is 10.4 Å². The highest BCUT2D eigenvalue weighted by atomic mass is 14.3. The van der Waals surface area contributed by atoms with Gasteiger partial charge in [0.05, 0.1) is 0 Å². The van der Waals surface area contributed by atoms with E-state index >= 15 is 0 Å². The Morgan fingerprint density at radius 3 is 2.50 bits per heavy atom. The van der Waals surface area contributed by atoms with Gasteiger partial charge >= 0.3 is 0 Å². The molecule has 0 N–H and O–H groups in total. The third-order valence-electron chi connectivity index (χ3n) is 3.78. The van der Waals surface area contributed by atoms with Gasteiger partial charge in [0.15, 0.2) is 0 Å². The molecule has 0 saturated carbocycles. The summed E-state index contributed by atoms with van der Waals surface area (Å²) in [6, 6.07) is 6.60. The van der Waals surface area contributed by atoms with Gasteiger partial charge in [-0.15, -0.1) is 0 Å². The minimum atomic E-state index is 0.286. The van der Waals surface area contributed by atoms with Gasteiger partial charge in [-0.05, 0) is 36.3 Å². The smallest absolute Gasteiger partial charge is 0.00756 e. The summed E-state index contributed by atoms with van der Waals surface area (Å²) in [7, 11) is 0. The molecule has 0 fully saturated rings. The third-order valence-corrected chi connectivity index (χ3v) is 3.78. The minimum Gasteiger partial charge on any atom is -0.0664 e. The van der Waals surface area contributed by atoms with Crippen LogP contribution in [0.25, 0.3) is 11.6 Å². The molecule has 0 amide bonds. The van der Waals surface area contributed by atoms with E-state index in [1.54, 1.807) is 0 Å². The maximum Gasteiger partial charge on any atom is 0.00756 e. The monoisotopic (exact) mass is 186 g/mol. The van der Waals surface area contributed by atoms with E-state index < -0.39 is 0 Å². The molecular weight excluding hydrogens is 168 g/mol. The fraction of sp³-hybridized carbons (Fsp3) is 0.429. The van der Waals surface area contributed by atoms with Crippen LogP contribution in [0.1, 0.15) is 32.8 Å². The highest BCUT2D eigenvalue weighted by Gasteiger charge is 2.25. The molecule has 0 radical (unpaired) electrons. The Hall–Kier alpha value is -1.04. The summed E-state index contributed by atoms with van der Waals surface area (Å²) >= 11 is 0. The summed E-state index contributed by atoms with van der Waals surface area (Å²) in [6.45, 7) is 9.07. The van der Waals surface area contributed by atoms with Gasteiger partial charge in [-0.1, -0.05) is 43.7 Å². The summed E-state index contributed by atoms with van der Waals surface area (Å²) in [5.41, 5.74) is 3.21. The van der Waals surface area contributed by atoms with Crippen LogP contribution in [0.3, 0.4) is 0 Å². The topological polar surface area (TPSA) is 0 Å². The Labute approximate surface area is 86.0 Å². The molecule has 0 aliphatic heterocycles. The van der Waals surface area contributed by atoms with Gasteiger partial charge in [0.1, 0.15) is 0 Å². The first-order valence-corrected chi connectivity index (χ1v) is 5.38. The predicted molar refractivity (Wildman–Crippen MR) is 62.4 cm³/mol. The molecule has 0 aromatic heterocycles. The molecule has 1 aliphatic rings. The Morgan fingerprint density at radius 1 is 1.21 bits per heavy atom. The van der Waals surface area contributed by atoms with Gasteiger partial charge in [0, 0.05) is 5.41 Å². The predicted octanol–water partition coefficient (Wildman–Crippen LogP) is 2.38. The van der Waals surface area contributed by atoms with Gasteiger partial charge in [0.25, 0.3) is 0 Å². The highest BCUT2D eigenvalue weighted by molar-refractivity contribution is 5.66. The Balaban J connectivity index is 2.85. The first-order chi connectivity index (χ1) is 6.58. The van der Waals surface area contributed by atoms with Crippen molar-refractivity contribution < 1.29 is 0 Å². The van der Waals surface area contributed by atoms with E-state index in [9.17, 15) is 0 Å². The van der Waals surface area contributed by atoms with Crippen molar-refractivity contribution in [1.82, 2.24) is 0 Å². The van der Waals surface area contributed by atoms with E-state index in [2.05, 4.69) is 52.0 Å². The lowest BCUT2D eigenvalue weighted by atomic mass is 9.82. The summed E-state index contributed by atoms with van der Waals surface area (Å²) in [5.74, 6) is 0. The molecule has 0 heteroatoms. The van der Waals surface area contributed by atoms with Crippen LogP contribution in [0.5, 0.6) is 0 Å². The number of benzene rings is 1. The van der Waals surface area contributed by atoms with Crippen LogP contribution in [0.4, 0.5) is 0 Å². The van der Waals surface area contributed by atoms with Gasteiger partial charge in [-0.3, -0.25) is 0 Å². The maximum atomic E-state index is 2.44. The van der Waals surface area contributed by atoms with Gasteiger partial charge in [-0.2, -0.15) is 0 Å². The van der Waals surface area contributed by atoms with Crippen LogP contribution >= 0.6 is 0 Å². The lowest BCUT2D eigenvalue weighted by molar-refractivity contribution is 0.586. The summed E-state index contributed by atoms with van der Waals surface area (Å²) in [5, 5.41) is 2.91. The SMILES string of the molecule is CCC1(C)C=c2c(C)cccc2=C1C. The Kier molecular flexibility index (Phi) is 2.02. The van der Waals surface area contributed by atoms with Crippen molar-refractivity contribution in [2.24, 2.45) is 5.41 Å². The normalized spacial score (nSPS) is 24.7. The van der Waals surface area contributed by atoms with Crippen molar-refractivity contribution in [3.63, 3.8) is 0 Å². The van der Waals surface area contributed by atoms with E-state index in [4.69, 9.17) is 0 Å². The van der Waals surface area contributed by atoms with Crippen molar-refractivity contribution in [3.8, 4) is 0 Å². The number of aryl methyl sites for hydroxylation is 1. The molecule has 1 atom stereocenters. The molecule has 1 aromatic carbocycles. The maximum absolute atomic E-state index is 2.44. The van der Waals surface area contributed by atoms with E-state index in [0.29, 0.717) is 0 Å². The summed E-state index contributed by atoms with van der Waals surface area (Å²) in [4.78, 5) is 0. The van der Waals surface area contributed by atoms with Crippen LogP contribution in [-0.4, -0.2) is 0 Å². The number of fused-ring (bicyclic) bond motifs is 1. The van der Waals surface area contributed by atoms with Crippen molar-refractivity contribution in [1.29, 1.82) is 0 Å². The standard InChI is InChI=1S/C14H18/c1-5-14(4)9-13-10(2)7-6-8-12(13)11(14)3/h6-9H,5H2,1-4H3. The van der Waals surface area contributed by atoms with E-state index in [1.807, 2.05) is 0 Å². The van der Waals surface area contributed by atoms with Crippen molar-refractivity contribution in [2.75, 3.05) is 0 Å². The molecule has 1 aliphatic carbocycles. The summed E-state index contributed by atoms with van der Waals surface area (Å²) in [6.07, 6.45) is 3.62. The molecule has 74 valence electrons. The fourth-order valence-corrected chi connectivity index (χ4v) is 2.30. The molecular formula is C14H18. The minimum absolute atomic E-state index is 0.286. The molecule has 0 spiro atoms. The number of hydrogen-bond acceptors (Lipinski definition) is 0. The number of rotatable bonds is 1. The summed E-state index contributed by atoms with van der Waals surface area (Å²) < 4.78 is 0. The van der Waals surface area contributed by atoms with Crippen LogP contribution in [0, 0.1) is 12.3 Å². The average molecular weight is 186 g/mol. The molecule has 0 bridgehead atoms. The first-order valence-electron chi connectivity index (χ1n) is 5.38. The zero-order valence-electron chi connectivity index (χ0n) is 9.52. The second kappa shape index (κ2) is 2.98. The quantitative estimate of drug-likeness (QED) is 0.631. The van der Waals surface area contributed by atoms with Crippen LogP contribution in [0.2, 0.25) is 0 Å². The Bertz CT molecular complexity index is 479. The molecule has 1 unspecified atom stereocenters. The van der Waals surface area contributed by atoms with Gasteiger partial charge in [-0.25, -0.2) is 0 Å². The molecule has 0 saturated heterocycles. The van der Waals surface area contributed by atoms with Crippen LogP contribution in [0.15, 0.2) is 18.2 Å². The zero-order valence-corrected chi connectivity index (χ0v) is 9.52. The van der Waals surface area contributed by atoms with E-state index in [0.717, 1.165) is 0 Å². The zero-order chi connectivity index (χ0) is 10.3. The van der Waals surface area contributed by atoms with Gasteiger partial charge in [0.2, 0.25) is 0 Å². The molecule has 1 aromatic rings. The van der Waals surface area contributed by atoms with E-state index in [1.165, 1.54) is 28.0 Å².